The van der Waals surface area contributed by atoms with Gasteiger partial charge in [0.2, 0.25) is 0 Å². The van der Waals surface area contributed by atoms with E-state index in [0.717, 1.165) is 28.1 Å². The summed E-state index contributed by atoms with van der Waals surface area (Å²) in [5.41, 5.74) is 4.79. The monoisotopic (exact) mass is 326 g/mol. The Morgan fingerprint density at radius 2 is 1.91 bits per heavy atom. The minimum Gasteiger partial charge on any atom is -0.293 e. The first kappa shape index (κ1) is 15.7. The Balaban J connectivity index is 1.83. The van der Waals surface area contributed by atoms with Gasteiger partial charge < -0.3 is 0 Å². The molecule has 0 fully saturated rings. The van der Waals surface area contributed by atoms with Crippen LogP contribution in [0.4, 0.5) is 0 Å². The number of hydrogen-bond donors (Lipinski definition) is 0. The number of carbonyl (C=O) groups is 1. The molecule has 0 saturated heterocycles. The van der Waals surface area contributed by atoms with E-state index in [9.17, 15) is 4.79 Å². The van der Waals surface area contributed by atoms with Crippen LogP contribution < -0.4 is 0 Å². The van der Waals surface area contributed by atoms with Gasteiger partial charge in [-0.1, -0.05) is 29.5 Å². The van der Waals surface area contributed by atoms with Crippen LogP contribution in [0, 0.1) is 27.7 Å². The molecule has 2 aromatic heterocycles. The van der Waals surface area contributed by atoms with Gasteiger partial charge in [0.1, 0.15) is 0 Å². The molecule has 0 aliphatic carbocycles. The van der Waals surface area contributed by atoms with Crippen molar-refractivity contribution >= 4 is 23.3 Å². The first-order chi connectivity index (χ1) is 11.0. The van der Waals surface area contributed by atoms with Crippen LogP contribution in [0.5, 0.6) is 0 Å². The molecular formula is C17H18N4OS. The van der Waals surface area contributed by atoms with E-state index < -0.39 is 0 Å². The highest BCUT2D eigenvalue weighted by Gasteiger charge is 2.14. The zero-order valence-electron chi connectivity index (χ0n) is 13.6. The van der Waals surface area contributed by atoms with Crippen molar-refractivity contribution in [3.63, 3.8) is 0 Å². The van der Waals surface area contributed by atoms with Crippen LogP contribution in [0.3, 0.4) is 0 Å². The van der Waals surface area contributed by atoms with Crippen LogP contribution in [-0.2, 0) is 0 Å². The standard InChI is InChI=1S/C17H18N4OS/c1-10-5-6-11(2)14(7-10)15(22)9-23-17-20-19-16-18-12(3)8-13(4)21(16)17/h5-8H,9H2,1-4H3. The first-order valence-corrected chi connectivity index (χ1v) is 8.37. The fourth-order valence-electron chi connectivity index (χ4n) is 2.54. The molecule has 0 aliphatic rings. The van der Waals surface area contributed by atoms with E-state index in [0.29, 0.717) is 16.7 Å². The third-order valence-corrected chi connectivity index (χ3v) is 4.62. The molecule has 6 heteroatoms. The maximum Gasteiger partial charge on any atom is 0.256 e. The number of rotatable bonds is 4. The van der Waals surface area contributed by atoms with E-state index in [1.54, 1.807) is 0 Å². The molecule has 118 valence electrons. The van der Waals surface area contributed by atoms with Gasteiger partial charge in [-0.05, 0) is 45.4 Å². The highest BCUT2D eigenvalue weighted by molar-refractivity contribution is 7.99. The Labute approximate surface area is 139 Å². The molecule has 0 saturated carbocycles. The molecule has 3 rings (SSSR count). The molecule has 0 unspecified atom stereocenters. The summed E-state index contributed by atoms with van der Waals surface area (Å²) < 4.78 is 1.88. The molecule has 0 atom stereocenters. The van der Waals surface area contributed by atoms with Gasteiger partial charge in [0.25, 0.3) is 5.78 Å². The second kappa shape index (κ2) is 6.12. The number of hydrogen-bond acceptors (Lipinski definition) is 5. The van der Waals surface area contributed by atoms with E-state index in [1.165, 1.54) is 11.8 Å². The van der Waals surface area contributed by atoms with Crippen LogP contribution in [0.2, 0.25) is 0 Å². The Morgan fingerprint density at radius 1 is 1.13 bits per heavy atom. The van der Waals surface area contributed by atoms with Crippen LogP contribution >= 0.6 is 11.8 Å². The molecule has 2 heterocycles. The van der Waals surface area contributed by atoms with Gasteiger partial charge in [0.15, 0.2) is 10.9 Å². The van der Waals surface area contributed by atoms with E-state index in [4.69, 9.17) is 0 Å². The van der Waals surface area contributed by atoms with Crippen molar-refractivity contribution in [2.24, 2.45) is 0 Å². The SMILES string of the molecule is Cc1ccc(C)c(C(=O)CSc2nnc3nc(C)cc(C)n23)c1. The number of ketones is 1. The van der Waals surface area contributed by atoms with Crippen LogP contribution in [-0.4, -0.2) is 31.1 Å². The zero-order chi connectivity index (χ0) is 16.6. The number of fused-ring (bicyclic) bond motifs is 1. The average Bonchev–Trinajstić information content (AvgIpc) is 2.90. The molecule has 5 nitrogen and oxygen atoms in total. The third kappa shape index (κ3) is 3.12. The summed E-state index contributed by atoms with van der Waals surface area (Å²) in [7, 11) is 0. The lowest BCUT2D eigenvalue weighted by molar-refractivity contribution is 0.102. The van der Waals surface area contributed by atoms with Gasteiger partial charge >= 0.3 is 0 Å². The quantitative estimate of drug-likeness (QED) is 0.543. The lowest BCUT2D eigenvalue weighted by atomic mass is 10.0. The van der Waals surface area contributed by atoms with Crippen molar-refractivity contribution in [2.75, 3.05) is 5.75 Å². The van der Waals surface area contributed by atoms with Gasteiger partial charge in [-0.2, -0.15) is 0 Å². The Kier molecular flexibility index (Phi) is 4.17. The number of benzene rings is 1. The molecule has 1 aromatic carbocycles. The molecule has 23 heavy (non-hydrogen) atoms. The molecule has 0 N–H and O–H groups in total. The van der Waals surface area contributed by atoms with Gasteiger partial charge in [0, 0.05) is 17.0 Å². The molecular weight excluding hydrogens is 308 g/mol. The summed E-state index contributed by atoms with van der Waals surface area (Å²) >= 11 is 1.39. The van der Waals surface area contributed by atoms with Gasteiger partial charge in [-0.15, -0.1) is 10.2 Å². The maximum atomic E-state index is 12.5. The van der Waals surface area contributed by atoms with Crippen molar-refractivity contribution in [1.29, 1.82) is 0 Å². The topological polar surface area (TPSA) is 60.2 Å². The zero-order valence-corrected chi connectivity index (χ0v) is 14.4. The highest BCUT2D eigenvalue weighted by Crippen LogP contribution is 2.21. The molecule has 0 amide bonds. The molecule has 0 spiro atoms. The van der Waals surface area contributed by atoms with Crippen molar-refractivity contribution in [3.05, 3.63) is 52.3 Å². The summed E-state index contributed by atoms with van der Waals surface area (Å²) in [4.78, 5) is 16.9. The van der Waals surface area contributed by atoms with Gasteiger partial charge in [-0.3, -0.25) is 9.20 Å². The van der Waals surface area contributed by atoms with Crippen molar-refractivity contribution in [1.82, 2.24) is 19.6 Å². The van der Waals surface area contributed by atoms with Crippen LogP contribution in [0.25, 0.3) is 5.78 Å². The van der Waals surface area contributed by atoms with Crippen LogP contribution in [0.1, 0.15) is 32.9 Å². The minimum absolute atomic E-state index is 0.102. The fraction of sp³-hybridized carbons (Fsp3) is 0.294. The molecule has 3 aromatic rings. The summed E-state index contributed by atoms with van der Waals surface area (Å²) in [6.45, 7) is 7.87. The second-order valence-electron chi connectivity index (χ2n) is 5.69. The van der Waals surface area contributed by atoms with Crippen molar-refractivity contribution in [2.45, 2.75) is 32.9 Å². The predicted molar refractivity (Wildman–Crippen MR) is 91.2 cm³/mol. The number of carbonyl (C=O) groups excluding carboxylic acids is 1. The first-order valence-electron chi connectivity index (χ1n) is 7.38. The van der Waals surface area contributed by atoms with E-state index in [1.807, 2.05) is 56.4 Å². The fourth-order valence-corrected chi connectivity index (χ4v) is 3.41. The normalized spacial score (nSPS) is 11.1. The van der Waals surface area contributed by atoms with Crippen molar-refractivity contribution in [3.8, 4) is 0 Å². The van der Waals surface area contributed by atoms with Crippen molar-refractivity contribution < 1.29 is 4.79 Å². The summed E-state index contributed by atoms with van der Waals surface area (Å²) in [5.74, 6) is 1.01. The number of aryl methyl sites for hydroxylation is 4. The lowest BCUT2D eigenvalue weighted by Gasteiger charge is -2.06. The lowest BCUT2D eigenvalue weighted by Crippen LogP contribution is -2.06. The molecule has 0 bridgehead atoms. The number of nitrogens with zero attached hydrogens (tertiary/aromatic N) is 4. The number of thioether (sulfide) groups is 1. The van der Waals surface area contributed by atoms with Gasteiger partial charge in [0.05, 0.1) is 5.75 Å². The Morgan fingerprint density at radius 3 is 2.70 bits per heavy atom. The minimum atomic E-state index is 0.102. The average molecular weight is 326 g/mol. The van der Waals surface area contributed by atoms with Crippen LogP contribution in [0.15, 0.2) is 29.4 Å². The van der Waals surface area contributed by atoms with E-state index in [-0.39, 0.29) is 5.78 Å². The van der Waals surface area contributed by atoms with E-state index >= 15 is 0 Å². The van der Waals surface area contributed by atoms with E-state index in [2.05, 4.69) is 15.2 Å². The largest absolute Gasteiger partial charge is 0.293 e. The highest BCUT2D eigenvalue weighted by atomic mass is 32.2. The Bertz CT molecular complexity index is 901. The summed E-state index contributed by atoms with van der Waals surface area (Å²) in [5, 5.41) is 8.95. The third-order valence-electron chi connectivity index (χ3n) is 3.69. The predicted octanol–water partition coefficient (Wildman–Crippen LogP) is 3.33. The molecule has 0 radical (unpaired) electrons. The Hall–Kier alpha value is -2.21. The summed E-state index contributed by atoms with van der Waals surface area (Å²) in [6, 6.07) is 7.92. The number of aromatic nitrogens is 4. The second-order valence-corrected chi connectivity index (χ2v) is 6.63. The maximum absolute atomic E-state index is 12.5. The number of Topliss-reactive ketones (excluding diaryl/α,β-unsaturated/α-hetero) is 1. The smallest absolute Gasteiger partial charge is 0.256 e. The molecule has 0 aliphatic heterocycles. The summed E-state index contributed by atoms with van der Waals surface area (Å²) in [6.07, 6.45) is 0. The van der Waals surface area contributed by atoms with Gasteiger partial charge in [-0.25, -0.2) is 4.98 Å².